The summed E-state index contributed by atoms with van der Waals surface area (Å²) >= 11 is 0. The van der Waals surface area contributed by atoms with Crippen LogP contribution in [0.15, 0.2) is 47.5 Å². The van der Waals surface area contributed by atoms with Crippen molar-refractivity contribution in [3.8, 4) is 0 Å². The number of pyridine rings is 3. The zero-order valence-electron chi connectivity index (χ0n) is 24.0. The molecule has 154 valence electrons. The van der Waals surface area contributed by atoms with Gasteiger partial charge in [-0.25, -0.2) is 0 Å². The molecule has 3 aromatic heterocycles. The molecule has 0 spiro atoms. The molecule has 4 heterocycles. The molecular formula is C23H25N5O2. The van der Waals surface area contributed by atoms with E-state index in [0.29, 0.717) is 30.5 Å². The van der Waals surface area contributed by atoms with Gasteiger partial charge in [-0.2, -0.15) is 0 Å². The Morgan fingerprint density at radius 1 is 1.33 bits per heavy atom. The quantitative estimate of drug-likeness (QED) is 0.673. The number of rotatable bonds is 5. The molecule has 7 heteroatoms. The molecule has 0 aromatic carbocycles. The number of carbonyl (C=O) groups excluding carboxylic acids is 1. The standard InChI is InChI=1S/C23H25N5O2/c1-3-16-11-20-21(27-22(16)29)10-15(12-25-20)14-28-8-6-17(7-9-28)18-4-5-19(26-13-18)23(30)24-2/h4-6,10-13H,3,7-9,14H2,1-2H3,(H,24,30)(H,27,29)/i1D3,2D3,3D2. The molecule has 0 aliphatic carbocycles. The first-order chi connectivity index (χ1) is 17.6. The van der Waals surface area contributed by atoms with Crippen LogP contribution < -0.4 is 10.9 Å². The van der Waals surface area contributed by atoms with Gasteiger partial charge in [0.25, 0.3) is 11.5 Å². The van der Waals surface area contributed by atoms with Gasteiger partial charge in [0.2, 0.25) is 0 Å². The molecule has 0 radical (unpaired) electrons. The van der Waals surface area contributed by atoms with Crippen LogP contribution in [-0.4, -0.2) is 45.8 Å². The fourth-order valence-corrected chi connectivity index (χ4v) is 3.46. The predicted molar refractivity (Wildman–Crippen MR) is 117 cm³/mol. The Kier molecular flexibility index (Phi) is 3.55. The summed E-state index contributed by atoms with van der Waals surface area (Å²) in [7, 11) is 0. The number of amides is 1. The number of hydrogen-bond acceptors (Lipinski definition) is 5. The number of nitrogens with zero attached hydrogens (tertiary/aromatic N) is 3. The van der Waals surface area contributed by atoms with E-state index >= 15 is 0 Å². The largest absolute Gasteiger partial charge is 0.354 e. The summed E-state index contributed by atoms with van der Waals surface area (Å²) in [4.78, 5) is 37.5. The van der Waals surface area contributed by atoms with E-state index in [1.807, 2.05) is 11.4 Å². The average Bonchev–Trinajstić information content (AvgIpc) is 2.82. The van der Waals surface area contributed by atoms with Gasteiger partial charge in [0.05, 0.1) is 11.0 Å². The first kappa shape index (κ1) is 12.4. The van der Waals surface area contributed by atoms with E-state index in [-0.39, 0.29) is 5.69 Å². The molecule has 0 saturated carbocycles. The number of carbonyl (C=O) groups is 1. The van der Waals surface area contributed by atoms with E-state index in [9.17, 15) is 9.59 Å². The van der Waals surface area contributed by atoms with Crippen LogP contribution in [0.25, 0.3) is 16.6 Å². The van der Waals surface area contributed by atoms with Crippen LogP contribution in [0.2, 0.25) is 0 Å². The molecule has 0 fully saturated rings. The van der Waals surface area contributed by atoms with E-state index in [4.69, 9.17) is 11.0 Å². The zero-order chi connectivity index (χ0) is 27.9. The zero-order valence-corrected chi connectivity index (χ0v) is 16.0. The molecule has 7 nitrogen and oxygen atoms in total. The van der Waals surface area contributed by atoms with Crippen molar-refractivity contribution in [3.05, 3.63) is 75.5 Å². The van der Waals surface area contributed by atoms with Crippen molar-refractivity contribution >= 4 is 22.5 Å². The Morgan fingerprint density at radius 2 is 2.27 bits per heavy atom. The van der Waals surface area contributed by atoms with Crippen molar-refractivity contribution in [2.24, 2.45) is 0 Å². The first-order valence-corrected chi connectivity index (χ1v) is 9.37. The molecule has 1 aliphatic rings. The van der Waals surface area contributed by atoms with Crippen LogP contribution in [0.5, 0.6) is 0 Å². The third-order valence-electron chi connectivity index (χ3n) is 5.06. The number of aryl methyl sites for hydroxylation is 1. The van der Waals surface area contributed by atoms with Gasteiger partial charge in [0.15, 0.2) is 0 Å². The highest BCUT2D eigenvalue weighted by molar-refractivity contribution is 5.92. The lowest BCUT2D eigenvalue weighted by molar-refractivity contribution is 0.0958. The molecule has 1 amide bonds. The topological polar surface area (TPSA) is 91.0 Å². The molecule has 4 rings (SSSR count). The molecule has 1 aliphatic heterocycles. The van der Waals surface area contributed by atoms with Crippen LogP contribution in [0.4, 0.5) is 0 Å². The minimum absolute atomic E-state index is 0.0198. The fourth-order valence-electron chi connectivity index (χ4n) is 3.46. The second kappa shape index (κ2) is 8.59. The summed E-state index contributed by atoms with van der Waals surface area (Å²) in [6.45, 7) is -3.69. The maximum absolute atomic E-state index is 12.5. The smallest absolute Gasteiger partial charge is 0.269 e. The summed E-state index contributed by atoms with van der Waals surface area (Å²) in [5.41, 5.74) is 2.12. The maximum atomic E-state index is 12.5. The van der Waals surface area contributed by atoms with Gasteiger partial charge >= 0.3 is 0 Å². The lowest BCUT2D eigenvalue weighted by atomic mass is 10.0. The molecular weight excluding hydrogens is 378 g/mol. The van der Waals surface area contributed by atoms with Gasteiger partial charge in [0, 0.05) is 55.5 Å². The van der Waals surface area contributed by atoms with Crippen molar-refractivity contribution in [1.29, 1.82) is 0 Å². The Labute approximate surface area is 186 Å². The van der Waals surface area contributed by atoms with Crippen molar-refractivity contribution in [1.82, 2.24) is 25.2 Å². The van der Waals surface area contributed by atoms with Crippen molar-refractivity contribution < 1.29 is 15.8 Å². The molecule has 3 aromatic rings. The number of hydrogen-bond donors (Lipinski definition) is 2. The van der Waals surface area contributed by atoms with Crippen LogP contribution in [-0.2, 0) is 12.9 Å². The monoisotopic (exact) mass is 411 g/mol. The van der Waals surface area contributed by atoms with Gasteiger partial charge in [-0.05, 0) is 47.7 Å². The van der Waals surface area contributed by atoms with Gasteiger partial charge in [0.1, 0.15) is 5.69 Å². The molecule has 0 atom stereocenters. The number of nitrogens with one attached hydrogen (secondary N) is 2. The number of aromatic nitrogens is 3. The second-order valence-electron chi connectivity index (χ2n) is 7.01. The number of fused-ring (bicyclic) bond motifs is 1. The van der Waals surface area contributed by atoms with Crippen LogP contribution in [0, 0.1) is 0 Å². The lowest BCUT2D eigenvalue weighted by Crippen LogP contribution is -2.28. The van der Waals surface area contributed by atoms with E-state index in [1.165, 1.54) is 12.1 Å². The third-order valence-corrected chi connectivity index (χ3v) is 5.06. The Hall–Kier alpha value is -3.32. The fraction of sp³-hybridized carbons (Fsp3) is 0.304. The van der Waals surface area contributed by atoms with Crippen molar-refractivity contribution in [2.75, 3.05) is 20.1 Å². The van der Waals surface area contributed by atoms with E-state index < -0.39 is 37.2 Å². The SMILES string of the molecule is [2H]C([2H])([2H])NC(=O)c1ccc(C2=CCN(Cc3cnc4cc(C([2H])([2H])C([2H])([2H])[2H])c(=O)[nH]c4c3)CC2)cn1. The summed E-state index contributed by atoms with van der Waals surface area (Å²) < 4.78 is 59.4. The highest BCUT2D eigenvalue weighted by Gasteiger charge is 2.15. The summed E-state index contributed by atoms with van der Waals surface area (Å²) in [5.74, 6) is -0.766. The number of H-pyrrole nitrogens is 1. The van der Waals surface area contributed by atoms with E-state index in [0.717, 1.165) is 23.2 Å². The second-order valence-corrected chi connectivity index (χ2v) is 7.01. The Bertz CT molecular complexity index is 1450. The van der Waals surface area contributed by atoms with Crippen LogP contribution in [0.1, 0.15) is 51.4 Å². The Balaban J connectivity index is 1.44. The number of aromatic amines is 1. The molecule has 0 bridgehead atoms. The summed E-state index contributed by atoms with van der Waals surface area (Å²) in [5, 5.41) is 1.91. The Morgan fingerprint density at radius 3 is 3.00 bits per heavy atom. The van der Waals surface area contributed by atoms with Gasteiger partial charge in [-0.1, -0.05) is 19.0 Å². The summed E-state index contributed by atoms with van der Waals surface area (Å²) in [6, 6.07) is 6.15. The molecule has 0 unspecified atom stereocenters. The molecule has 0 saturated heterocycles. The van der Waals surface area contributed by atoms with Gasteiger partial charge in [-0.3, -0.25) is 24.5 Å². The highest BCUT2D eigenvalue weighted by Crippen LogP contribution is 2.23. The van der Waals surface area contributed by atoms with Crippen molar-refractivity contribution in [2.45, 2.75) is 26.2 Å². The van der Waals surface area contributed by atoms with E-state index in [2.05, 4.69) is 19.9 Å². The van der Waals surface area contributed by atoms with Gasteiger partial charge in [-0.15, -0.1) is 0 Å². The predicted octanol–water partition coefficient (Wildman–Crippen LogP) is 2.53. The normalized spacial score (nSPS) is 19.8. The molecule has 30 heavy (non-hydrogen) atoms. The molecule has 2 N–H and O–H groups in total. The minimum Gasteiger partial charge on any atom is -0.354 e. The van der Waals surface area contributed by atoms with Crippen LogP contribution >= 0.6 is 0 Å². The van der Waals surface area contributed by atoms with Crippen LogP contribution in [0.3, 0.4) is 0 Å². The maximum Gasteiger partial charge on any atom is 0.269 e. The average molecular weight is 412 g/mol. The van der Waals surface area contributed by atoms with Crippen molar-refractivity contribution in [3.63, 3.8) is 0 Å². The lowest BCUT2D eigenvalue weighted by Gasteiger charge is -2.26. The highest BCUT2D eigenvalue weighted by atomic mass is 16.1. The van der Waals surface area contributed by atoms with Gasteiger partial charge < -0.3 is 10.3 Å². The van der Waals surface area contributed by atoms with E-state index in [1.54, 1.807) is 24.5 Å². The summed E-state index contributed by atoms with van der Waals surface area (Å²) in [6.07, 6.45) is 3.10. The third kappa shape index (κ3) is 4.16. The minimum atomic E-state index is -3.00. The first-order valence-electron chi connectivity index (χ1n) is 13.4.